The zero-order valence-corrected chi connectivity index (χ0v) is 13.2. The summed E-state index contributed by atoms with van der Waals surface area (Å²) < 4.78 is 1.98. The van der Waals surface area contributed by atoms with Crippen LogP contribution in [0.5, 0.6) is 0 Å². The first-order valence-corrected chi connectivity index (χ1v) is 7.32. The van der Waals surface area contributed by atoms with E-state index in [1.165, 1.54) is 22.4 Å². The lowest BCUT2D eigenvalue weighted by Crippen LogP contribution is -2.23. The molecule has 3 nitrogen and oxygen atoms in total. The second kappa shape index (κ2) is 6.23. The standard InChI is InChI=1S/C17H25N3/c1-6-18-17(15-9-7-12(2)8-10-15)11-16-13(3)19-20(5)14(16)4/h7-10,17-18H,6,11H2,1-5H3. The van der Waals surface area contributed by atoms with Gasteiger partial charge >= 0.3 is 0 Å². The summed E-state index contributed by atoms with van der Waals surface area (Å²) in [6, 6.07) is 9.17. The first-order valence-electron chi connectivity index (χ1n) is 7.32. The van der Waals surface area contributed by atoms with Crippen LogP contribution in [0.25, 0.3) is 0 Å². The van der Waals surface area contributed by atoms with Crippen LogP contribution in [0, 0.1) is 20.8 Å². The summed E-state index contributed by atoms with van der Waals surface area (Å²) in [6.45, 7) is 9.50. The third-order valence-corrected chi connectivity index (χ3v) is 4.00. The van der Waals surface area contributed by atoms with Crippen LogP contribution in [-0.4, -0.2) is 16.3 Å². The highest BCUT2D eigenvalue weighted by Gasteiger charge is 2.16. The first kappa shape index (κ1) is 14.8. The lowest BCUT2D eigenvalue weighted by atomic mass is 9.97. The lowest BCUT2D eigenvalue weighted by Gasteiger charge is -2.19. The summed E-state index contributed by atoms with van der Waals surface area (Å²) in [6.07, 6.45) is 0.988. The third kappa shape index (κ3) is 3.10. The highest BCUT2D eigenvalue weighted by Crippen LogP contribution is 2.23. The van der Waals surface area contributed by atoms with Gasteiger partial charge < -0.3 is 5.32 Å². The molecule has 0 saturated carbocycles. The van der Waals surface area contributed by atoms with Gasteiger partial charge in [-0.1, -0.05) is 36.8 Å². The van der Waals surface area contributed by atoms with Gasteiger partial charge in [-0.15, -0.1) is 0 Å². The predicted octanol–water partition coefficient (Wildman–Crippen LogP) is 3.24. The Bertz CT molecular complexity index is 567. The summed E-state index contributed by atoms with van der Waals surface area (Å²) >= 11 is 0. The average Bonchev–Trinajstić information content (AvgIpc) is 2.65. The minimum atomic E-state index is 0.349. The third-order valence-electron chi connectivity index (χ3n) is 4.00. The lowest BCUT2D eigenvalue weighted by molar-refractivity contribution is 0.547. The Morgan fingerprint density at radius 1 is 1.15 bits per heavy atom. The minimum Gasteiger partial charge on any atom is -0.310 e. The molecule has 1 aromatic heterocycles. The molecule has 2 aromatic rings. The van der Waals surface area contributed by atoms with E-state index in [0.717, 1.165) is 18.7 Å². The summed E-state index contributed by atoms with van der Waals surface area (Å²) in [7, 11) is 2.01. The molecule has 1 N–H and O–H groups in total. The van der Waals surface area contributed by atoms with E-state index in [1.807, 2.05) is 11.7 Å². The summed E-state index contributed by atoms with van der Waals surface area (Å²) in [5, 5.41) is 8.11. The molecular formula is C17H25N3. The number of benzene rings is 1. The maximum Gasteiger partial charge on any atom is 0.0629 e. The topological polar surface area (TPSA) is 29.9 Å². The molecular weight excluding hydrogens is 246 g/mol. The van der Waals surface area contributed by atoms with Gasteiger partial charge in [0.1, 0.15) is 0 Å². The molecule has 108 valence electrons. The molecule has 0 spiro atoms. The molecule has 3 heteroatoms. The zero-order chi connectivity index (χ0) is 14.7. The SMILES string of the molecule is CCNC(Cc1c(C)nn(C)c1C)c1ccc(C)cc1. The average molecular weight is 271 g/mol. The van der Waals surface area contributed by atoms with Gasteiger partial charge in [0, 0.05) is 18.8 Å². The molecule has 20 heavy (non-hydrogen) atoms. The molecule has 0 radical (unpaired) electrons. The summed E-state index contributed by atoms with van der Waals surface area (Å²) in [5.74, 6) is 0. The van der Waals surface area contributed by atoms with E-state index in [-0.39, 0.29) is 0 Å². The van der Waals surface area contributed by atoms with Gasteiger partial charge in [-0.05, 0) is 44.9 Å². The van der Waals surface area contributed by atoms with Crippen molar-refractivity contribution in [2.45, 2.75) is 40.2 Å². The number of likely N-dealkylation sites (N-methyl/N-ethyl adjacent to an activating group) is 1. The van der Waals surface area contributed by atoms with E-state index in [9.17, 15) is 0 Å². The molecule has 0 saturated heterocycles. The Balaban J connectivity index is 2.27. The number of hydrogen-bond donors (Lipinski definition) is 1. The van der Waals surface area contributed by atoms with E-state index < -0.39 is 0 Å². The molecule has 0 bridgehead atoms. The largest absolute Gasteiger partial charge is 0.310 e. The molecule has 1 atom stereocenters. The number of aryl methyl sites for hydroxylation is 3. The number of nitrogens with zero attached hydrogens (tertiary/aromatic N) is 2. The Morgan fingerprint density at radius 3 is 2.30 bits per heavy atom. The maximum atomic E-state index is 4.52. The monoisotopic (exact) mass is 271 g/mol. The van der Waals surface area contributed by atoms with Crippen LogP contribution in [0.1, 0.15) is 41.0 Å². The van der Waals surface area contributed by atoms with Crippen molar-refractivity contribution in [3.63, 3.8) is 0 Å². The Hall–Kier alpha value is -1.61. The van der Waals surface area contributed by atoms with Crippen LogP contribution in [0.2, 0.25) is 0 Å². The second-order valence-corrected chi connectivity index (χ2v) is 5.50. The molecule has 0 fully saturated rings. The molecule has 1 unspecified atom stereocenters. The maximum absolute atomic E-state index is 4.52. The van der Waals surface area contributed by atoms with Crippen LogP contribution < -0.4 is 5.32 Å². The molecule has 2 rings (SSSR count). The quantitative estimate of drug-likeness (QED) is 0.904. The fourth-order valence-corrected chi connectivity index (χ4v) is 2.67. The predicted molar refractivity (Wildman–Crippen MR) is 84.0 cm³/mol. The second-order valence-electron chi connectivity index (χ2n) is 5.50. The van der Waals surface area contributed by atoms with E-state index in [1.54, 1.807) is 0 Å². The minimum absolute atomic E-state index is 0.349. The molecule has 1 heterocycles. The highest BCUT2D eigenvalue weighted by molar-refractivity contribution is 5.30. The highest BCUT2D eigenvalue weighted by atomic mass is 15.3. The van der Waals surface area contributed by atoms with Crippen molar-refractivity contribution in [1.82, 2.24) is 15.1 Å². The Morgan fingerprint density at radius 2 is 1.80 bits per heavy atom. The van der Waals surface area contributed by atoms with E-state index in [2.05, 4.69) is 62.4 Å². The number of aromatic nitrogens is 2. The van der Waals surface area contributed by atoms with Crippen molar-refractivity contribution < 1.29 is 0 Å². The van der Waals surface area contributed by atoms with Crippen molar-refractivity contribution in [3.8, 4) is 0 Å². The molecule has 0 aliphatic heterocycles. The van der Waals surface area contributed by atoms with E-state index >= 15 is 0 Å². The summed E-state index contributed by atoms with van der Waals surface area (Å²) in [5.41, 5.74) is 6.41. The molecule has 0 aliphatic rings. The molecule has 1 aromatic carbocycles. The fourth-order valence-electron chi connectivity index (χ4n) is 2.67. The van der Waals surface area contributed by atoms with E-state index in [4.69, 9.17) is 0 Å². The Labute approximate surface area is 122 Å². The number of hydrogen-bond acceptors (Lipinski definition) is 2. The molecule has 0 amide bonds. The van der Waals surface area contributed by atoms with Crippen molar-refractivity contribution in [2.75, 3.05) is 6.54 Å². The van der Waals surface area contributed by atoms with Crippen molar-refractivity contribution in [2.24, 2.45) is 7.05 Å². The van der Waals surface area contributed by atoms with Crippen LogP contribution in [0.3, 0.4) is 0 Å². The normalized spacial score (nSPS) is 12.7. The van der Waals surface area contributed by atoms with Gasteiger partial charge in [-0.2, -0.15) is 5.10 Å². The van der Waals surface area contributed by atoms with Crippen LogP contribution in [0.4, 0.5) is 0 Å². The fraction of sp³-hybridized carbons (Fsp3) is 0.471. The van der Waals surface area contributed by atoms with Gasteiger partial charge in [-0.3, -0.25) is 4.68 Å². The zero-order valence-electron chi connectivity index (χ0n) is 13.2. The van der Waals surface area contributed by atoms with Crippen LogP contribution in [-0.2, 0) is 13.5 Å². The van der Waals surface area contributed by atoms with Gasteiger partial charge in [0.05, 0.1) is 5.69 Å². The number of rotatable bonds is 5. The Kier molecular flexibility index (Phi) is 4.61. The van der Waals surface area contributed by atoms with Gasteiger partial charge in [0.15, 0.2) is 0 Å². The van der Waals surface area contributed by atoms with Gasteiger partial charge in [0.2, 0.25) is 0 Å². The summed E-state index contributed by atoms with van der Waals surface area (Å²) in [4.78, 5) is 0. The van der Waals surface area contributed by atoms with Crippen molar-refractivity contribution >= 4 is 0 Å². The van der Waals surface area contributed by atoms with Gasteiger partial charge in [-0.25, -0.2) is 0 Å². The van der Waals surface area contributed by atoms with Crippen LogP contribution >= 0.6 is 0 Å². The van der Waals surface area contributed by atoms with Crippen molar-refractivity contribution in [1.29, 1.82) is 0 Å². The van der Waals surface area contributed by atoms with Crippen molar-refractivity contribution in [3.05, 3.63) is 52.3 Å². The molecule has 0 aliphatic carbocycles. The van der Waals surface area contributed by atoms with Gasteiger partial charge in [0.25, 0.3) is 0 Å². The smallest absolute Gasteiger partial charge is 0.0629 e. The first-order chi connectivity index (χ1) is 9.52. The van der Waals surface area contributed by atoms with Crippen LogP contribution in [0.15, 0.2) is 24.3 Å². The van der Waals surface area contributed by atoms with E-state index in [0.29, 0.717) is 6.04 Å². The number of nitrogens with one attached hydrogen (secondary N) is 1.